The van der Waals surface area contributed by atoms with Gasteiger partial charge in [-0.2, -0.15) is 4.39 Å². The molecular formula is C10H16FN. The van der Waals surface area contributed by atoms with Gasteiger partial charge in [-0.3, -0.25) is 0 Å². The first-order valence-corrected chi connectivity index (χ1v) is 4.04. The molecule has 0 unspecified atom stereocenters. The van der Waals surface area contributed by atoms with Crippen molar-refractivity contribution >= 4 is 6.72 Å². The second-order valence-corrected chi connectivity index (χ2v) is 2.99. The molecule has 12 heavy (non-hydrogen) atoms. The lowest BCUT2D eigenvalue weighted by molar-refractivity contribution is 0.591. The summed E-state index contributed by atoms with van der Waals surface area (Å²) in [5.41, 5.74) is 1.57. The molecule has 0 N–H and O–H groups in total. The van der Waals surface area contributed by atoms with Crippen LogP contribution in [0.4, 0.5) is 4.39 Å². The largest absolute Gasteiger partial charge is 0.236 e. The van der Waals surface area contributed by atoms with Gasteiger partial charge in [0.1, 0.15) is 0 Å². The fourth-order valence-corrected chi connectivity index (χ4v) is 1.10. The normalized spacial score (nSPS) is 14.7. The summed E-state index contributed by atoms with van der Waals surface area (Å²) in [6.07, 6.45) is 1.88. The Morgan fingerprint density at radius 2 is 2.00 bits per heavy atom. The summed E-state index contributed by atoms with van der Waals surface area (Å²) in [5, 5.41) is 0. The van der Waals surface area contributed by atoms with E-state index in [1.807, 2.05) is 33.8 Å². The van der Waals surface area contributed by atoms with Gasteiger partial charge in [-0.15, -0.1) is 0 Å². The van der Waals surface area contributed by atoms with Crippen molar-refractivity contribution in [3.63, 3.8) is 0 Å². The van der Waals surface area contributed by atoms with E-state index in [-0.39, 0.29) is 5.92 Å². The van der Waals surface area contributed by atoms with Crippen LogP contribution in [0.25, 0.3) is 0 Å². The Balaban J connectivity index is 5.05. The zero-order valence-corrected chi connectivity index (χ0v) is 8.19. The summed E-state index contributed by atoms with van der Waals surface area (Å²) < 4.78 is 13.1. The lowest BCUT2D eigenvalue weighted by Crippen LogP contribution is -1.97. The van der Waals surface area contributed by atoms with E-state index in [1.54, 1.807) is 0 Å². The maximum atomic E-state index is 13.1. The molecule has 0 aromatic heterocycles. The Labute approximate surface area is 73.7 Å². The lowest BCUT2D eigenvalue weighted by Gasteiger charge is -2.11. The van der Waals surface area contributed by atoms with Crippen molar-refractivity contribution in [2.45, 2.75) is 27.7 Å². The molecule has 0 aromatic rings. The first kappa shape index (κ1) is 11.1. The zero-order valence-electron chi connectivity index (χ0n) is 8.19. The Kier molecular flexibility index (Phi) is 4.49. The molecule has 0 atom stereocenters. The highest BCUT2D eigenvalue weighted by Gasteiger charge is 2.10. The van der Waals surface area contributed by atoms with Gasteiger partial charge in [-0.25, -0.2) is 4.99 Å². The molecule has 0 rings (SSSR count). The summed E-state index contributed by atoms with van der Waals surface area (Å²) in [6, 6.07) is 0. The molecule has 0 saturated heterocycles. The van der Waals surface area contributed by atoms with Crippen LogP contribution in [0.3, 0.4) is 0 Å². The van der Waals surface area contributed by atoms with Crippen LogP contribution in [0.15, 0.2) is 28.2 Å². The van der Waals surface area contributed by atoms with E-state index in [9.17, 15) is 4.39 Å². The minimum atomic E-state index is -0.458. The molecule has 0 amide bonds. The van der Waals surface area contributed by atoms with E-state index in [2.05, 4.69) is 11.7 Å². The van der Waals surface area contributed by atoms with Gasteiger partial charge < -0.3 is 0 Å². The third kappa shape index (κ3) is 2.61. The highest BCUT2D eigenvalue weighted by molar-refractivity contribution is 5.36. The molecule has 2 heteroatoms. The van der Waals surface area contributed by atoms with Crippen LogP contribution in [-0.4, -0.2) is 6.72 Å². The third-order valence-electron chi connectivity index (χ3n) is 1.80. The van der Waals surface area contributed by atoms with Crippen LogP contribution in [0.5, 0.6) is 0 Å². The fraction of sp³-hybridized carbons (Fsp3) is 0.500. The number of halogens is 1. The van der Waals surface area contributed by atoms with Crippen LogP contribution in [-0.2, 0) is 0 Å². The second-order valence-electron chi connectivity index (χ2n) is 2.99. The molecule has 0 saturated carbocycles. The molecule has 0 aliphatic heterocycles. The topological polar surface area (TPSA) is 12.4 Å². The predicted molar refractivity (Wildman–Crippen MR) is 52.0 cm³/mol. The predicted octanol–water partition coefficient (Wildman–Crippen LogP) is 3.49. The maximum absolute atomic E-state index is 13.1. The fourth-order valence-electron chi connectivity index (χ4n) is 1.10. The van der Waals surface area contributed by atoms with Crippen LogP contribution < -0.4 is 0 Å². The first-order chi connectivity index (χ1) is 5.54. The van der Waals surface area contributed by atoms with Crippen LogP contribution in [0.2, 0.25) is 0 Å². The minimum Gasteiger partial charge on any atom is -0.236 e. The van der Waals surface area contributed by atoms with E-state index >= 15 is 0 Å². The van der Waals surface area contributed by atoms with Crippen LogP contribution >= 0.6 is 0 Å². The van der Waals surface area contributed by atoms with Gasteiger partial charge in [0.15, 0.2) is 0 Å². The van der Waals surface area contributed by atoms with E-state index < -0.39 is 5.95 Å². The molecule has 1 nitrogen and oxygen atoms in total. The van der Waals surface area contributed by atoms with E-state index in [0.717, 1.165) is 5.57 Å². The Hall–Kier alpha value is -0.920. The van der Waals surface area contributed by atoms with E-state index in [1.165, 1.54) is 0 Å². The molecule has 0 radical (unpaired) electrons. The second kappa shape index (κ2) is 4.86. The summed E-state index contributed by atoms with van der Waals surface area (Å²) in [4.78, 5) is 3.30. The first-order valence-electron chi connectivity index (χ1n) is 4.04. The molecule has 0 bridgehead atoms. The molecule has 0 fully saturated rings. The van der Waals surface area contributed by atoms with Crippen molar-refractivity contribution < 1.29 is 4.39 Å². The number of hydrogen-bond donors (Lipinski definition) is 0. The maximum Gasteiger partial charge on any atom is 0.215 e. The van der Waals surface area contributed by atoms with Crippen LogP contribution in [0, 0.1) is 5.92 Å². The molecule has 0 heterocycles. The molecule has 0 spiro atoms. The smallest absolute Gasteiger partial charge is 0.215 e. The lowest BCUT2D eigenvalue weighted by atomic mass is 9.97. The van der Waals surface area contributed by atoms with Gasteiger partial charge in [0.25, 0.3) is 0 Å². The Morgan fingerprint density at radius 3 is 2.25 bits per heavy atom. The average molecular weight is 169 g/mol. The average Bonchev–Trinajstić information content (AvgIpc) is 2.03. The quantitative estimate of drug-likeness (QED) is 0.348. The molecule has 0 aliphatic rings. The van der Waals surface area contributed by atoms with Crippen molar-refractivity contribution in [1.29, 1.82) is 0 Å². The highest BCUT2D eigenvalue weighted by Crippen LogP contribution is 2.24. The molecule has 0 aromatic carbocycles. The van der Waals surface area contributed by atoms with Gasteiger partial charge in [0, 0.05) is 5.57 Å². The number of allylic oxidation sites excluding steroid dienone is 3. The Bertz CT molecular complexity index is 224. The van der Waals surface area contributed by atoms with Crippen molar-refractivity contribution in [2.24, 2.45) is 10.9 Å². The Morgan fingerprint density at radius 1 is 1.50 bits per heavy atom. The molecule has 68 valence electrons. The van der Waals surface area contributed by atoms with Crippen molar-refractivity contribution in [2.75, 3.05) is 0 Å². The summed E-state index contributed by atoms with van der Waals surface area (Å²) in [7, 11) is 0. The van der Waals surface area contributed by atoms with E-state index in [0.29, 0.717) is 5.57 Å². The monoisotopic (exact) mass is 169 g/mol. The zero-order chi connectivity index (χ0) is 9.72. The van der Waals surface area contributed by atoms with Gasteiger partial charge in [0.05, 0.1) is 0 Å². The molecular weight excluding hydrogens is 153 g/mol. The van der Waals surface area contributed by atoms with Crippen LogP contribution in [0.1, 0.15) is 27.7 Å². The summed E-state index contributed by atoms with van der Waals surface area (Å²) >= 11 is 0. The van der Waals surface area contributed by atoms with Gasteiger partial charge >= 0.3 is 0 Å². The number of nitrogens with zero attached hydrogens (tertiary/aromatic N) is 1. The third-order valence-corrected chi connectivity index (χ3v) is 1.80. The van der Waals surface area contributed by atoms with Crippen molar-refractivity contribution in [1.82, 2.24) is 0 Å². The number of rotatable bonds is 3. The minimum absolute atomic E-state index is 0.145. The van der Waals surface area contributed by atoms with Crippen molar-refractivity contribution in [3.8, 4) is 0 Å². The standard InChI is InChI=1S/C10H16FN/c1-6-8(4)9(7(2)3)10(11)12-5/h6-7H,5H2,1-4H3/b8-6-,10-9-. The van der Waals surface area contributed by atoms with Crippen molar-refractivity contribution in [3.05, 3.63) is 23.2 Å². The number of aliphatic imine (C=N–C) groups is 1. The SMILES string of the molecule is C=N/C(F)=C(\C(C)=C/C)C(C)C. The summed E-state index contributed by atoms with van der Waals surface area (Å²) in [5.74, 6) is -0.313. The summed E-state index contributed by atoms with van der Waals surface area (Å²) in [6.45, 7) is 10.8. The van der Waals surface area contributed by atoms with Gasteiger partial charge in [-0.05, 0) is 32.1 Å². The van der Waals surface area contributed by atoms with E-state index in [4.69, 9.17) is 0 Å². The van der Waals surface area contributed by atoms with Gasteiger partial charge in [0.2, 0.25) is 5.95 Å². The van der Waals surface area contributed by atoms with Gasteiger partial charge in [-0.1, -0.05) is 19.9 Å². The highest BCUT2D eigenvalue weighted by atomic mass is 19.1. The molecule has 0 aliphatic carbocycles. The number of hydrogen-bond acceptors (Lipinski definition) is 1.